The molecule has 1 aliphatic heterocycles. The lowest BCUT2D eigenvalue weighted by Gasteiger charge is -2.10. The van der Waals surface area contributed by atoms with Crippen LogP contribution in [-0.2, 0) is 4.79 Å². The molecule has 0 unspecified atom stereocenters. The number of carbonyl (C=O) groups is 1. The summed E-state index contributed by atoms with van der Waals surface area (Å²) in [5.74, 6) is 0.449. The maximum Gasteiger partial charge on any atom is 0.263 e. The van der Waals surface area contributed by atoms with Crippen molar-refractivity contribution in [1.82, 2.24) is 5.32 Å². The fraction of sp³-hybridized carbons (Fsp3) is 0.0588. The molecule has 0 bridgehead atoms. The Morgan fingerprint density at radius 2 is 2.00 bits per heavy atom. The number of ether oxygens (including phenoxy) is 1. The third kappa shape index (κ3) is 3.59. The molecule has 1 amide bonds. The minimum atomic E-state index is -0.206. The molecular weight excluding hydrogens is 385 g/mol. The number of benzene rings is 2. The molecule has 1 N–H and O–H groups in total. The Morgan fingerprint density at radius 3 is 2.62 bits per heavy atom. The van der Waals surface area contributed by atoms with Crippen molar-refractivity contribution in [3.63, 3.8) is 0 Å². The smallest absolute Gasteiger partial charge is 0.263 e. The quantitative estimate of drug-likeness (QED) is 0.575. The monoisotopic (exact) mass is 395 g/mol. The second-order valence-electron chi connectivity index (χ2n) is 4.93. The topological polar surface area (TPSA) is 38.3 Å². The van der Waals surface area contributed by atoms with Gasteiger partial charge in [0.05, 0.1) is 12.0 Å². The standard InChI is InChI=1S/C17H11Cl2NO2S2/c1-22-14-5-2-9(12-4-3-11(18)8-13(12)19)6-10(14)7-15-16(21)20-17(23)24-15/h2-8H,1H3,(H,20,21,23)/b15-7-. The molecule has 1 fully saturated rings. The molecule has 2 aromatic carbocycles. The molecule has 7 heteroatoms. The highest BCUT2D eigenvalue weighted by Gasteiger charge is 2.22. The highest BCUT2D eigenvalue weighted by Crippen LogP contribution is 2.35. The van der Waals surface area contributed by atoms with Gasteiger partial charge in [-0.3, -0.25) is 4.79 Å². The third-order valence-corrected chi connectivity index (χ3v) is 5.11. The summed E-state index contributed by atoms with van der Waals surface area (Å²) in [5.41, 5.74) is 2.51. The molecule has 0 saturated carbocycles. The summed E-state index contributed by atoms with van der Waals surface area (Å²) < 4.78 is 5.83. The Balaban J connectivity index is 2.07. The molecule has 0 aromatic heterocycles. The van der Waals surface area contributed by atoms with Crippen LogP contribution in [0.25, 0.3) is 17.2 Å². The fourth-order valence-electron chi connectivity index (χ4n) is 2.30. The first-order valence-electron chi connectivity index (χ1n) is 6.86. The first-order chi connectivity index (χ1) is 11.5. The van der Waals surface area contributed by atoms with Gasteiger partial charge in [-0.2, -0.15) is 0 Å². The lowest BCUT2D eigenvalue weighted by molar-refractivity contribution is -0.115. The first kappa shape index (κ1) is 17.3. The van der Waals surface area contributed by atoms with Crippen molar-refractivity contribution in [1.29, 1.82) is 0 Å². The van der Waals surface area contributed by atoms with Crippen LogP contribution in [0, 0.1) is 0 Å². The van der Waals surface area contributed by atoms with Gasteiger partial charge in [0, 0.05) is 21.2 Å². The van der Waals surface area contributed by atoms with E-state index >= 15 is 0 Å². The van der Waals surface area contributed by atoms with Gasteiger partial charge in [-0.25, -0.2) is 0 Å². The molecule has 0 atom stereocenters. The van der Waals surface area contributed by atoms with Crippen LogP contribution in [-0.4, -0.2) is 17.3 Å². The van der Waals surface area contributed by atoms with Crippen molar-refractivity contribution in [2.45, 2.75) is 0 Å². The summed E-state index contributed by atoms with van der Waals surface area (Å²) in [6, 6.07) is 11.0. The van der Waals surface area contributed by atoms with Crippen molar-refractivity contribution in [2.75, 3.05) is 7.11 Å². The summed E-state index contributed by atoms with van der Waals surface area (Å²) in [6.45, 7) is 0. The number of thioether (sulfide) groups is 1. The normalized spacial score (nSPS) is 15.7. The predicted octanol–water partition coefficient (Wildman–Crippen LogP) is 5.16. The zero-order chi connectivity index (χ0) is 17.3. The summed E-state index contributed by atoms with van der Waals surface area (Å²) in [6.07, 6.45) is 1.76. The van der Waals surface area contributed by atoms with Crippen LogP contribution in [0.1, 0.15) is 5.56 Å². The Bertz CT molecular complexity index is 881. The van der Waals surface area contributed by atoms with Gasteiger partial charge in [0.1, 0.15) is 10.1 Å². The molecule has 1 heterocycles. The molecule has 2 aromatic rings. The lowest BCUT2D eigenvalue weighted by Crippen LogP contribution is -2.17. The molecule has 122 valence electrons. The van der Waals surface area contributed by atoms with E-state index in [0.29, 0.717) is 25.0 Å². The van der Waals surface area contributed by atoms with Crippen molar-refractivity contribution < 1.29 is 9.53 Å². The van der Waals surface area contributed by atoms with E-state index in [-0.39, 0.29) is 5.91 Å². The van der Waals surface area contributed by atoms with Crippen LogP contribution in [0.5, 0.6) is 5.75 Å². The molecule has 0 spiro atoms. The second-order valence-corrected chi connectivity index (χ2v) is 7.50. The van der Waals surface area contributed by atoms with E-state index in [0.717, 1.165) is 16.7 Å². The number of halogens is 2. The van der Waals surface area contributed by atoms with Crippen molar-refractivity contribution in [2.24, 2.45) is 0 Å². The zero-order valence-corrected chi connectivity index (χ0v) is 15.6. The fourth-order valence-corrected chi connectivity index (χ4v) is 3.85. The maximum atomic E-state index is 11.9. The van der Waals surface area contributed by atoms with Crippen LogP contribution in [0.2, 0.25) is 10.0 Å². The minimum Gasteiger partial charge on any atom is -0.496 e. The van der Waals surface area contributed by atoms with Gasteiger partial charge in [0.25, 0.3) is 5.91 Å². The average molecular weight is 396 g/mol. The Morgan fingerprint density at radius 1 is 1.21 bits per heavy atom. The summed E-state index contributed by atoms with van der Waals surface area (Å²) in [5, 5.41) is 3.73. The van der Waals surface area contributed by atoms with Gasteiger partial charge in [-0.1, -0.05) is 59.3 Å². The van der Waals surface area contributed by atoms with Gasteiger partial charge in [-0.15, -0.1) is 0 Å². The Labute approximate surface area is 159 Å². The number of hydrogen-bond acceptors (Lipinski definition) is 4. The van der Waals surface area contributed by atoms with Crippen LogP contribution in [0.3, 0.4) is 0 Å². The molecule has 1 saturated heterocycles. The molecule has 0 aliphatic carbocycles. The van der Waals surface area contributed by atoms with Crippen LogP contribution in [0.4, 0.5) is 0 Å². The van der Waals surface area contributed by atoms with E-state index < -0.39 is 0 Å². The molecule has 1 aliphatic rings. The number of carbonyl (C=O) groups excluding carboxylic acids is 1. The second kappa shape index (κ2) is 7.15. The van der Waals surface area contributed by atoms with Gasteiger partial charge in [0.2, 0.25) is 0 Å². The van der Waals surface area contributed by atoms with E-state index in [1.54, 1.807) is 25.3 Å². The average Bonchev–Trinajstić information content (AvgIpc) is 2.85. The number of nitrogens with one attached hydrogen (secondary N) is 1. The third-order valence-electron chi connectivity index (χ3n) is 3.40. The number of thiocarbonyl (C=S) groups is 1. The Hall–Kier alpha value is -1.53. The van der Waals surface area contributed by atoms with Crippen molar-refractivity contribution in [3.8, 4) is 16.9 Å². The van der Waals surface area contributed by atoms with Gasteiger partial charge < -0.3 is 10.1 Å². The van der Waals surface area contributed by atoms with E-state index in [2.05, 4.69) is 5.32 Å². The van der Waals surface area contributed by atoms with Crippen LogP contribution < -0.4 is 10.1 Å². The summed E-state index contributed by atoms with van der Waals surface area (Å²) >= 11 is 18.5. The molecule has 24 heavy (non-hydrogen) atoms. The largest absolute Gasteiger partial charge is 0.496 e. The predicted molar refractivity (Wildman–Crippen MR) is 105 cm³/mol. The first-order valence-corrected chi connectivity index (χ1v) is 8.84. The minimum absolute atomic E-state index is 0.206. The molecule has 3 rings (SSSR count). The maximum absolute atomic E-state index is 11.9. The zero-order valence-electron chi connectivity index (χ0n) is 12.4. The Kier molecular flexibility index (Phi) is 5.15. The number of methoxy groups -OCH3 is 1. The van der Waals surface area contributed by atoms with Gasteiger partial charge >= 0.3 is 0 Å². The van der Waals surface area contributed by atoms with Crippen LogP contribution in [0.15, 0.2) is 41.3 Å². The number of amides is 1. The molecule has 0 radical (unpaired) electrons. The highest BCUT2D eigenvalue weighted by atomic mass is 35.5. The van der Waals surface area contributed by atoms with E-state index in [9.17, 15) is 4.79 Å². The van der Waals surface area contributed by atoms with E-state index in [4.69, 9.17) is 40.2 Å². The van der Waals surface area contributed by atoms with Gasteiger partial charge in [-0.05, 0) is 35.9 Å². The van der Waals surface area contributed by atoms with E-state index in [1.165, 1.54) is 11.8 Å². The van der Waals surface area contributed by atoms with Crippen LogP contribution >= 0.6 is 47.2 Å². The SMILES string of the molecule is COc1ccc(-c2ccc(Cl)cc2Cl)cc1/C=C1\SC(=S)NC1=O. The summed E-state index contributed by atoms with van der Waals surface area (Å²) in [4.78, 5) is 12.4. The number of hydrogen-bond donors (Lipinski definition) is 1. The highest BCUT2D eigenvalue weighted by molar-refractivity contribution is 8.26. The molecular formula is C17H11Cl2NO2S2. The van der Waals surface area contributed by atoms with E-state index in [1.807, 2.05) is 24.3 Å². The van der Waals surface area contributed by atoms with Gasteiger partial charge in [0.15, 0.2) is 0 Å². The van der Waals surface area contributed by atoms with Crippen molar-refractivity contribution in [3.05, 3.63) is 56.9 Å². The molecule has 3 nitrogen and oxygen atoms in total. The lowest BCUT2D eigenvalue weighted by atomic mass is 10.0. The number of rotatable bonds is 3. The summed E-state index contributed by atoms with van der Waals surface area (Å²) in [7, 11) is 1.58. The van der Waals surface area contributed by atoms with Crippen molar-refractivity contribution >= 4 is 63.5 Å².